The van der Waals surface area contributed by atoms with Gasteiger partial charge in [0.25, 0.3) is 0 Å². The zero-order valence-electron chi connectivity index (χ0n) is 11.3. The van der Waals surface area contributed by atoms with E-state index in [0.717, 1.165) is 30.1 Å². The predicted molar refractivity (Wildman–Crippen MR) is 71.7 cm³/mol. The van der Waals surface area contributed by atoms with E-state index in [-0.39, 0.29) is 11.7 Å². The lowest BCUT2D eigenvalue weighted by Crippen LogP contribution is -2.41. The van der Waals surface area contributed by atoms with Crippen molar-refractivity contribution in [3.8, 4) is 5.75 Å². The Labute approximate surface area is 109 Å². The van der Waals surface area contributed by atoms with Gasteiger partial charge in [0.1, 0.15) is 11.4 Å². The Hall–Kier alpha value is -1.02. The third-order valence-electron chi connectivity index (χ3n) is 4.45. The molecule has 1 N–H and O–H groups in total. The van der Waals surface area contributed by atoms with Gasteiger partial charge in [0.2, 0.25) is 0 Å². The van der Waals surface area contributed by atoms with Crippen molar-refractivity contribution in [3.63, 3.8) is 0 Å². The van der Waals surface area contributed by atoms with Crippen LogP contribution in [0, 0.1) is 12.8 Å². The molecular formula is C16H22O2. The van der Waals surface area contributed by atoms with E-state index in [1.54, 1.807) is 0 Å². The van der Waals surface area contributed by atoms with Gasteiger partial charge < -0.3 is 9.84 Å². The van der Waals surface area contributed by atoms with Crippen LogP contribution in [0.15, 0.2) is 18.2 Å². The molecule has 2 unspecified atom stereocenters. The molecule has 0 saturated heterocycles. The van der Waals surface area contributed by atoms with E-state index >= 15 is 0 Å². The average molecular weight is 246 g/mol. The zero-order chi connectivity index (χ0) is 12.8. The molecule has 1 aromatic rings. The van der Waals surface area contributed by atoms with Gasteiger partial charge in [-0.15, -0.1) is 0 Å². The van der Waals surface area contributed by atoms with Gasteiger partial charge in [-0.2, -0.15) is 0 Å². The number of aliphatic hydroxyl groups is 1. The fourth-order valence-electron chi connectivity index (χ4n) is 3.28. The SMILES string of the molecule is Cc1ccc2c(c1)C(O)CC(C)(CC1CCC1)O2. The number of benzene rings is 1. The summed E-state index contributed by atoms with van der Waals surface area (Å²) in [4.78, 5) is 0. The average Bonchev–Trinajstić information content (AvgIpc) is 2.25. The van der Waals surface area contributed by atoms with Crippen molar-refractivity contribution < 1.29 is 9.84 Å². The van der Waals surface area contributed by atoms with Crippen LogP contribution in [0.3, 0.4) is 0 Å². The van der Waals surface area contributed by atoms with Gasteiger partial charge in [0.15, 0.2) is 0 Å². The number of hydrogen-bond donors (Lipinski definition) is 1. The van der Waals surface area contributed by atoms with Crippen molar-refractivity contribution in [2.45, 2.75) is 57.7 Å². The molecule has 0 aromatic heterocycles. The molecule has 18 heavy (non-hydrogen) atoms. The van der Waals surface area contributed by atoms with Crippen LogP contribution in [0.2, 0.25) is 0 Å². The molecule has 1 aliphatic carbocycles. The highest BCUT2D eigenvalue weighted by Gasteiger charge is 2.39. The van der Waals surface area contributed by atoms with E-state index in [9.17, 15) is 5.11 Å². The largest absolute Gasteiger partial charge is 0.487 e. The summed E-state index contributed by atoms with van der Waals surface area (Å²) in [6, 6.07) is 6.11. The summed E-state index contributed by atoms with van der Waals surface area (Å²) in [7, 11) is 0. The number of ether oxygens (including phenoxy) is 1. The second-order valence-electron chi connectivity index (χ2n) is 6.31. The second kappa shape index (κ2) is 4.27. The number of rotatable bonds is 2. The van der Waals surface area contributed by atoms with Crippen molar-refractivity contribution in [2.75, 3.05) is 0 Å². The Morgan fingerprint density at radius 1 is 1.39 bits per heavy atom. The van der Waals surface area contributed by atoms with Gasteiger partial charge in [-0.1, -0.05) is 30.9 Å². The van der Waals surface area contributed by atoms with Crippen LogP contribution < -0.4 is 4.74 Å². The molecule has 3 rings (SSSR count). The molecule has 1 aliphatic heterocycles. The van der Waals surface area contributed by atoms with Crippen LogP contribution in [-0.4, -0.2) is 10.7 Å². The normalized spacial score (nSPS) is 31.4. The Bertz CT molecular complexity index is 450. The van der Waals surface area contributed by atoms with Crippen LogP contribution in [0.5, 0.6) is 5.75 Å². The molecule has 2 aliphatic rings. The Balaban J connectivity index is 1.83. The Kier molecular flexibility index (Phi) is 2.86. The van der Waals surface area contributed by atoms with Gasteiger partial charge in [-0.3, -0.25) is 0 Å². The third-order valence-corrected chi connectivity index (χ3v) is 4.45. The maximum Gasteiger partial charge on any atom is 0.125 e. The third kappa shape index (κ3) is 2.14. The summed E-state index contributed by atoms with van der Waals surface area (Å²) in [6.45, 7) is 4.20. The molecule has 1 aromatic carbocycles. The molecule has 1 fully saturated rings. The Morgan fingerprint density at radius 2 is 2.17 bits per heavy atom. The van der Waals surface area contributed by atoms with Crippen LogP contribution in [0.4, 0.5) is 0 Å². The van der Waals surface area contributed by atoms with Crippen LogP contribution in [0.25, 0.3) is 0 Å². The molecule has 1 heterocycles. The van der Waals surface area contributed by atoms with Crippen LogP contribution in [-0.2, 0) is 0 Å². The molecule has 0 amide bonds. The molecule has 98 valence electrons. The number of hydrogen-bond acceptors (Lipinski definition) is 2. The first kappa shape index (κ1) is 12.0. The molecule has 2 heteroatoms. The highest BCUT2D eigenvalue weighted by molar-refractivity contribution is 5.40. The zero-order valence-corrected chi connectivity index (χ0v) is 11.3. The maximum absolute atomic E-state index is 10.3. The summed E-state index contributed by atoms with van der Waals surface area (Å²) in [6.07, 6.45) is 5.45. The van der Waals surface area contributed by atoms with Crippen molar-refractivity contribution in [2.24, 2.45) is 5.92 Å². The predicted octanol–water partition coefficient (Wildman–Crippen LogP) is 3.76. The lowest BCUT2D eigenvalue weighted by atomic mass is 9.75. The summed E-state index contributed by atoms with van der Waals surface area (Å²) < 4.78 is 6.19. The minimum atomic E-state index is -0.376. The number of aliphatic hydroxyl groups excluding tert-OH is 1. The fraction of sp³-hybridized carbons (Fsp3) is 0.625. The van der Waals surface area contributed by atoms with E-state index in [4.69, 9.17) is 4.74 Å². The smallest absolute Gasteiger partial charge is 0.125 e. The summed E-state index contributed by atoms with van der Waals surface area (Å²) in [5, 5.41) is 10.3. The summed E-state index contributed by atoms with van der Waals surface area (Å²) in [5.41, 5.74) is 1.95. The van der Waals surface area contributed by atoms with Crippen molar-refractivity contribution in [3.05, 3.63) is 29.3 Å². The second-order valence-corrected chi connectivity index (χ2v) is 6.31. The molecule has 0 bridgehead atoms. The van der Waals surface area contributed by atoms with E-state index in [1.165, 1.54) is 24.8 Å². The minimum absolute atomic E-state index is 0.188. The lowest BCUT2D eigenvalue weighted by molar-refractivity contribution is -0.0248. The topological polar surface area (TPSA) is 29.5 Å². The van der Waals surface area contributed by atoms with Crippen LogP contribution >= 0.6 is 0 Å². The summed E-state index contributed by atoms with van der Waals surface area (Å²) >= 11 is 0. The number of aryl methyl sites for hydroxylation is 1. The van der Waals surface area contributed by atoms with E-state index in [1.807, 2.05) is 12.1 Å². The molecule has 0 radical (unpaired) electrons. The number of fused-ring (bicyclic) bond motifs is 1. The molecule has 0 spiro atoms. The standard InChI is InChI=1S/C16H22O2/c1-11-6-7-15-13(8-11)14(17)10-16(2,18-15)9-12-4-3-5-12/h6-8,12,14,17H,3-5,9-10H2,1-2H3. The first-order valence-electron chi connectivity index (χ1n) is 7.03. The first-order chi connectivity index (χ1) is 8.56. The van der Waals surface area contributed by atoms with E-state index in [0.29, 0.717) is 0 Å². The lowest BCUT2D eigenvalue weighted by Gasteiger charge is -2.42. The van der Waals surface area contributed by atoms with Crippen molar-refractivity contribution in [1.82, 2.24) is 0 Å². The van der Waals surface area contributed by atoms with Gasteiger partial charge in [-0.05, 0) is 38.3 Å². The first-order valence-corrected chi connectivity index (χ1v) is 7.03. The van der Waals surface area contributed by atoms with E-state index in [2.05, 4.69) is 19.9 Å². The molecule has 1 saturated carbocycles. The minimum Gasteiger partial charge on any atom is -0.487 e. The van der Waals surface area contributed by atoms with Gasteiger partial charge in [0.05, 0.1) is 6.10 Å². The molecule has 2 atom stereocenters. The highest BCUT2D eigenvalue weighted by Crippen LogP contribution is 2.45. The van der Waals surface area contributed by atoms with E-state index < -0.39 is 0 Å². The maximum atomic E-state index is 10.3. The van der Waals surface area contributed by atoms with Gasteiger partial charge >= 0.3 is 0 Å². The van der Waals surface area contributed by atoms with Crippen molar-refractivity contribution >= 4 is 0 Å². The van der Waals surface area contributed by atoms with Gasteiger partial charge in [0, 0.05) is 12.0 Å². The molecular weight excluding hydrogens is 224 g/mol. The Morgan fingerprint density at radius 3 is 2.83 bits per heavy atom. The summed E-state index contributed by atoms with van der Waals surface area (Å²) in [5.74, 6) is 1.68. The quantitative estimate of drug-likeness (QED) is 0.861. The highest BCUT2D eigenvalue weighted by atomic mass is 16.5. The van der Waals surface area contributed by atoms with Crippen molar-refractivity contribution in [1.29, 1.82) is 0 Å². The van der Waals surface area contributed by atoms with Gasteiger partial charge in [-0.25, -0.2) is 0 Å². The monoisotopic (exact) mass is 246 g/mol. The van der Waals surface area contributed by atoms with Crippen LogP contribution in [0.1, 0.15) is 56.3 Å². The fourth-order valence-corrected chi connectivity index (χ4v) is 3.28. The molecule has 2 nitrogen and oxygen atoms in total.